The summed E-state index contributed by atoms with van der Waals surface area (Å²) in [5, 5.41) is 8.58. The zero-order valence-electron chi connectivity index (χ0n) is 17.6. The van der Waals surface area contributed by atoms with Crippen LogP contribution in [-0.4, -0.2) is 10.2 Å². The van der Waals surface area contributed by atoms with E-state index in [1.54, 1.807) is 6.07 Å². The van der Waals surface area contributed by atoms with Gasteiger partial charge in [-0.15, -0.1) is 0 Å². The maximum atomic E-state index is 14.7. The predicted octanol–water partition coefficient (Wildman–Crippen LogP) is 7.16. The second kappa shape index (κ2) is 10.7. The molecule has 0 atom stereocenters. The van der Waals surface area contributed by atoms with Gasteiger partial charge in [0.15, 0.2) is 0 Å². The molecule has 0 amide bonds. The van der Waals surface area contributed by atoms with Crippen LogP contribution in [0.5, 0.6) is 0 Å². The summed E-state index contributed by atoms with van der Waals surface area (Å²) in [6.45, 7) is 4.57. The molecular formula is C25H35FN2. The fraction of sp³-hybridized carbons (Fsp3) is 0.600. The molecule has 0 spiro atoms. The quantitative estimate of drug-likeness (QED) is 0.430. The molecule has 0 radical (unpaired) electrons. The van der Waals surface area contributed by atoms with E-state index in [1.807, 2.05) is 18.2 Å². The molecule has 1 heterocycles. The van der Waals surface area contributed by atoms with E-state index >= 15 is 0 Å². The Kier molecular flexibility index (Phi) is 8.00. The van der Waals surface area contributed by atoms with Crippen LogP contribution in [0.1, 0.15) is 82.9 Å². The van der Waals surface area contributed by atoms with Crippen molar-refractivity contribution >= 4 is 0 Å². The van der Waals surface area contributed by atoms with Crippen LogP contribution in [0.15, 0.2) is 30.3 Å². The van der Waals surface area contributed by atoms with Crippen LogP contribution in [0.2, 0.25) is 0 Å². The maximum absolute atomic E-state index is 14.7. The summed E-state index contributed by atoms with van der Waals surface area (Å²) in [6.07, 6.45) is 13.4. The molecule has 152 valence electrons. The first-order valence-corrected chi connectivity index (χ1v) is 11.3. The largest absolute Gasteiger partial charge is 0.206 e. The Hall–Kier alpha value is -1.77. The fourth-order valence-electron chi connectivity index (χ4n) is 4.28. The molecule has 1 saturated carbocycles. The van der Waals surface area contributed by atoms with E-state index in [4.69, 9.17) is 0 Å². The van der Waals surface area contributed by atoms with Gasteiger partial charge in [0.25, 0.3) is 0 Å². The highest BCUT2D eigenvalue weighted by molar-refractivity contribution is 5.59. The van der Waals surface area contributed by atoms with E-state index in [-0.39, 0.29) is 5.82 Å². The van der Waals surface area contributed by atoms with Gasteiger partial charge in [-0.25, -0.2) is 4.39 Å². The molecule has 1 aliphatic rings. The number of hydrogen-bond donors (Lipinski definition) is 0. The van der Waals surface area contributed by atoms with Crippen LogP contribution >= 0.6 is 0 Å². The Balaban J connectivity index is 1.54. The first-order chi connectivity index (χ1) is 13.7. The van der Waals surface area contributed by atoms with Gasteiger partial charge in [-0.1, -0.05) is 64.9 Å². The lowest BCUT2D eigenvalue weighted by atomic mass is 9.80. The first-order valence-electron chi connectivity index (χ1n) is 11.3. The van der Waals surface area contributed by atoms with Gasteiger partial charge in [-0.2, -0.15) is 10.2 Å². The van der Waals surface area contributed by atoms with Gasteiger partial charge in [0.2, 0.25) is 0 Å². The van der Waals surface area contributed by atoms with Crippen molar-refractivity contribution in [2.45, 2.75) is 84.5 Å². The number of hydrogen-bond acceptors (Lipinski definition) is 2. The number of benzene rings is 1. The smallest absolute Gasteiger partial charge is 0.132 e. The topological polar surface area (TPSA) is 25.8 Å². The highest BCUT2D eigenvalue weighted by Crippen LogP contribution is 2.31. The summed E-state index contributed by atoms with van der Waals surface area (Å²) in [6, 6.07) is 9.53. The first kappa shape index (κ1) is 21.0. The molecule has 0 unspecified atom stereocenters. The maximum Gasteiger partial charge on any atom is 0.132 e. The molecule has 1 fully saturated rings. The minimum Gasteiger partial charge on any atom is -0.206 e. The summed E-state index contributed by atoms with van der Waals surface area (Å²) >= 11 is 0. The van der Waals surface area contributed by atoms with E-state index < -0.39 is 0 Å². The molecular weight excluding hydrogens is 347 g/mol. The average Bonchev–Trinajstić information content (AvgIpc) is 2.71. The lowest BCUT2D eigenvalue weighted by Crippen LogP contribution is -2.12. The predicted molar refractivity (Wildman–Crippen MR) is 115 cm³/mol. The van der Waals surface area contributed by atoms with Crippen molar-refractivity contribution < 1.29 is 4.39 Å². The lowest BCUT2D eigenvalue weighted by Gasteiger charge is -2.26. The molecule has 0 aliphatic heterocycles. The molecule has 1 aliphatic carbocycles. The van der Waals surface area contributed by atoms with Gasteiger partial charge in [-0.3, -0.25) is 0 Å². The highest BCUT2D eigenvalue weighted by Gasteiger charge is 2.18. The van der Waals surface area contributed by atoms with E-state index in [0.29, 0.717) is 11.3 Å². The third-order valence-electron chi connectivity index (χ3n) is 6.29. The number of nitrogens with zero attached hydrogens (tertiary/aromatic N) is 2. The Labute approximate surface area is 170 Å². The Morgan fingerprint density at radius 1 is 0.929 bits per heavy atom. The van der Waals surface area contributed by atoms with Gasteiger partial charge in [0.1, 0.15) is 5.82 Å². The van der Waals surface area contributed by atoms with E-state index in [2.05, 4.69) is 30.1 Å². The molecule has 0 saturated heterocycles. The van der Waals surface area contributed by atoms with Gasteiger partial charge in [0, 0.05) is 5.56 Å². The minimum atomic E-state index is -0.181. The third kappa shape index (κ3) is 6.12. The van der Waals surface area contributed by atoms with Gasteiger partial charge < -0.3 is 0 Å². The molecule has 0 N–H and O–H groups in total. The Morgan fingerprint density at radius 2 is 1.75 bits per heavy atom. The summed E-state index contributed by atoms with van der Waals surface area (Å²) in [5.41, 5.74) is 3.28. The standard InChI is InChI=1S/C25H35FN2/c1-3-4-5-6-7-22-15-17-25(28-27-22)23-16-14-21(18-24(23)26)13-12-20-10-8-19(2)9-11-20/h14-20H,3-13H2,1-2H3. The van der Waals surface area contributed by atoms with Crippen molar-refractivity contribution in [2.75, 3.05) is 0 Å². The lowest BCUT2D eigenvalue weighted by molar-refractivity contribution is 0.277. The molecule has 28 heavy (non-hydrogen) atoms. The van der Waals surface area contributed by atoms with Crippen LogP contribution in [0, 0.1) is 17.7 Å². The van der Waals surface area contributed by atoms with Crippen LogP contribution in [0.25, 0.3) is 11.3 Å². The van der Waals surface area contributed by atoms with E-state index in [0.717, 1.165) is 42.4 Å². The molecule has 2 aromatic rings. The second-order valence-corrected chi connectivity index (χ2v) is 8.70. The normalized spacial score (nSPS) is 19.7. The van der Waals surface area contributed by atoms with Gasteiger partial charge in [0.05, 0.1) is 11.4 Å². The molecule has 1 aromatic heterocycles. The van der Waals surface area contributed by atoms with Crippen LogP contribution in [0.3, 0.4) is 0 Å². The van der Waals surface area contributed by atoms with Gasteiger partial charge >= 0.3 is 0 Å². The summed E-state index contributed by atoms with van der Waals surface area (Å²) in [4.78, 5) is 0. The molecule has 2 nitrogen and oxygen atoms in total. The molecule has 1 aromatic carbocycles. The SMILES string of the molecule is CCCCCCc1ccc(-c2ccc(CCC3CCC(C)CC3)cc2F)nn1. The molecule has 3 heteroatoms. The monoisotopic (exact) mass is 382 g/mol. The van der Waals surface area contributed by atoms with E-state index in [9.17, 15) is 4.39 Å². The van der Waals surface area contributed by atoms with Crippen LogP contribution in [-0.2, 0) is 12.8 Å². The average molecular weight is 383 g/mol. The second-order valence-electron chi connectivity index (χ2n) is 8.70. The van der Waals surface area contributed by atoms with Gasteiger partial charge in [-0.05, 0) is 67.3 Å². The van der Waals surface area contributed by atoms with Crippen molar-refractivity contribution in [3.05, 3.63) is 47.4 Å². The van der Waals surface area contributed by atoms with Crippen molar-refractivity contribution in [3.63, 3.8) is 0 Å². The summed E-state index contributed by atoms with van der Waals surface area (Å²) < 4.78 is 14.7. The highest BCUT2D eigenvalue weighted by atomic mass is 19.1. The Bertz CT molecular complexity index is 718. The zero-order chi connectivity index (χ0) is 19.8. The van der Waals surface area contributed by atoms with Crippen molar-refractivity contribution in [3.8, 4) is 11.3 Å². The van der Waals surface area contributed by atoms with Crippen LogP contribution < -0.4 is 0 Å². The number of halogens is 1. The Morgan fingerprint density at radius 3 is 2.43 bits per heavy atom. The third-order valence-corrected chi connectivity index (χ3v) is 6.29. The van der Waals surface area contributed by atoms with E-state index in [1.165, 1.54) is 51.4 Å². The summed E-state index contributed by atoms with van der Waals surface area (Å²) in [5.74, 6) is 1.52. The number of rotatable bonds is 9. The fourth-order valence-corrected chi connectivity index (χ4v) is 4.28. The number of aryl methyl sites for hydroxylation is 2. The number of unbranched alkanes of at least 4 members (excludes halogenated alkanes) is 3. The number of aromatic nitrogens is 2. The minimum absolute atomic E-state index is 0.181. The van der Waals surface area contributed by atoms with Crippen LogP contribution in [0.4, 0.5) is 4.39 Å². The molecule has 3 rings (SSSR count). The zero-order valence-corrected chi connectivity index (χ0v) is 17.6. The van der Waals surface area contributed by atoms with Crippen molar-refractivity contribution in [2.24, 2.45) is 11.8 Å². The summed E-state index contributed by atoms with van der Waals surface area (Å²) in [7, 11) is 0. The van der Waals surface area contributed by atoms with Crippen molar-refractivity contribution in [1.82, 2.24) is 10.2 Å². The molecule has 0 bridgehead atoms. The van der Waals surface area contributed by atoms with Crippen molar-refractivity contribution in [1.29, 1.82) is 0 Å².